The number of piperidine rings is 1. The van der Waals surface area contributed by atoms with Crippen molar-refractivity contribution in [3.8, 4) is 0 Å². The van der Waals surface area contributed by atoms with Crippen LogP contribution in [0.4, 0.5) is 10.7 Å². The SMILES string of the molecule is Cn1ncnc1NC(=O)N1CCC(OCCC(=O)O)CC1. The first-order valence-corrected chi connectivity index (χ1v) is 6.79. The van der Waals surface area contributed by atoms with Crippen molar-refractivity contribution < 1.29 is 19.4 Å². The van der Waals surface area contributed by atoms with Crippen LogP contribution in [-0.2, 0) is 16.6 Å². The van der Waals surface area contributed by atoms with Crippen LogP contribution in [0.25, 0.3) is 0 Å². The molecule has 0 saturated carbocycles. The molecule has 116 valence electrons. The lowest BCUT2D eigenvalue weighted by Gasteiger charge is -2.31. The van der Waals surface area contributed by atoms with E-state index in [-0.39, 0.29) is 25.2 Å². The third-order valence-electron chi connectivity index (χ3n) is 3.33. The number of hydrogen-bond acceptors (Lipinski definition) is 5. The van der Waals surface area contributed by atoms with Crippen LogP contribution in [0, 0.1) is 0 Å². The number of amides is 2. The maximum atomic E-state index is 12.0. The first-order valence-electron chi connectivity index (χ1n) is 6.79. The number of carboxylic acids is 1. The Kier molecular flexibility index (Phi) is 5.09. The topological polar surface area (TPSA) is 110 Å². The Morgan fingerprint density at radius 2 is 2.19 bits per heavy atom. The number of nitrogens with one attached hydrogen (secondary N) is 1. The smallest absolute Gasteiger partial charge is 0.324 e. The fraction of sp³-hybridized carbons (Fsp3) is 0.667. The van der Waals surface area contributed by atoms with Gasteiger partial charge in [0, 0.05) is 20.1 Å². The molecular formula is C12H19N5O4. The molecule has 1 aliphatic rings. The summed E-state index contributed by atoms with van der Waals surface area (Å²) in [4.78, 5) is 28.1. The van der Waals surface area contributed by atoms with Gasteiger partial charge < -0.3 is 14.7 Å². The molecule has 0 aromatic carbocycles. The molecule has 1 saturated heterocycles. The molecule has 21 heavy (non-hydrogen) atoms. The second-order valence-corrected chi connectivity index (χ2v) is 4.84. The predicted molar refractivity (Wildman–Crippen MR) is 72.8 cm³/mol. The van der Waals surface area contributed by atoms with Crippen LogP contribution < -0.4 is 5.32 Å². The Bertz CT molecular complexity index is 496. The highest BCUT2D eigenvalue weighted by atomic mass is 16.5. The van der Waals surface area contributed by atoms with Gasteiger partial charge in [0.1, 0.15) is 6.33 Å². The van der Waals surface area contributed by atoms with E-state index in [0.717, 1.165) is 0 Å². The van der Waals surface area contributed by atoms with Crippen molar-refractivity contribution in [1.29, 1.82) is 0 Å². The lowest BCUT2D eigenvalue weighted by molar-refractivity contribution is -0.138. The molecule has 2 N–H and O–H groups in total. The fourth-order valence-corrected chi connectivity index (χ4v) is 2.12. The van der Waals surface area contributed by atoms with E-state index in [9.17, 15) is 9.59 Å². The number of rotatable bonds is 5. The highest BCUT2D eigenvalue weighted by molar-refractivity contribution is 5.87. The van der Waals surface area contributed by atoms with Gasteiger partial charge in [-0.3, -0.25) is 10.1 Å². The summed E-state index contributed by atoms with van der Waals surface area (Å²) in [6.45, 7) is 1.36. The number of nitrogens with zero attached hydrogens (tertiary/aromatic N) is 4. The third kappa shape index (κ3) is 4.42. The molecular weight excluding hydrogens is 278 g/mol. The van der Waals surface area contributed by atoms with Crippen LogP contribution in [0.5, 0.6) is 0 Å². The molecule has 2 heterocycles. The quantitative estimate of drug-likeness (QED) is 0.809. The summed E-state index contributed by atoms with van der Waals surface area (Å²) in [5.41, 5.74) is 0. The van der Waals surface area contributed by atoms with Gasteiger partial charge in [0.15, 0.2) is 0 Å². The van der Waals surface area contributed by atoms with E-state index in [2.05, 4.69) is 15.4 Å². The van der Waals surface area contributed by atoms with E-state index in [1.165, 1.54) is 11.0 Å². The number of carbonyl (C=O) groups is 2. The van der Waals surface area contributed by atoms with Gasteiger partial charge in [0.05, 0.1) is 19.1 Å². The molecule has 0 aliphatic carbocycles. The zero-order valence-corrected chi connectivity index (χ0v) is 11.9. The van der Waals surface area contributed by atoms with Crippen molar-refractivity contribution in [3.05, 3.63) is 6.33 Å². The standard InChI is InChI=1S/C12H19N5O4/c1-16-11(13-8-14-16)15-12(20)17-5-2-9(3-6-17)21-7-4-10(18)19/h8-9H,2-7H2,1H3,(H,18,19)(H,13,14,15,20). The molecule has 1 aromatic heterocycles. The molecule has 1 aliphatic heterocycles. The number of carbonyl (C=O) groups excluding carboxylic acids is 1. The molecule has 0 atom stereocenters. The number of likely N-dealkylation sites (tertiary alicyclic amines) is 1. The Labute approximate surface area is 121 Å². The van der Waals surface area contributed by atoms with Crippen LogP contribution in [0.2, 0.25) is 0 Å². The van der Waals surface area contributed by atoms with Crippen molar-refractivity contribution >= 4 is 17.9 Å². The van der Waals surface area contributed by atoms with E-state index in [1.807, 2.05) is 0 Å². The van der Waals surface area contributed by atoms with Gasteiger partial charge in [-0.2, -0.15) is 10.1 Å². The fourth-order valence-electron chi connectivity index (χ4n) is 2.12. The number of aliphatic carboxylic acids is 1. The Balaban J connectivity index is 1.72. The first-order chi connectivity index (χ1) is 10.1. The maximum Gasteiger partial charge on any atom is 0.324 e. The zero-order chi connectivity index (χ0) is 15.2. The maximum absolute atomic E-state index is 12.0. The minimum absolute atomic E-state index is 0.00680. The van der Waals surface area contributed by atoms with Crippen LogP contribution in [0.1, 0.15) is 19.3 Å². The first kappa shape index (κ1) is 15.2. The number of hydrogen-bond donors (Lipinski definition) is 2. The molecule has 0 unspecified atom stereocenters. The molecule has 2 amide bonds. The van der Waals surface area contributed by atoms with E-state index in [1.54, 1.807) is 11.9 Å². The number of ether oxygens (including phenoxy) is 1. The van der Waals surface area contributed by atoms with Gasteiger partial charge in [0.2, 0.25) is 5.95 Å². The second kappa shape index (κ2) is 7.02. The number of aromatic nitrogens is 3. The summed E-state index contributed by atoms with van der Waals surface area (Å²) in [6, 6.07) is -0.213. The van der Waals surface area contributed by atoms with Crippen molar-refractivity contribution in [2.45, 2.75) is 25.4 Å². The molecule has 0 radical (unpaired) electrons. The number of aryl methyl sites for hydroxylation is 1. The van der Waals surface area contributed by atoms with Crippen molar-refractivity contribution in [2.24, 2.45) is 7.05 Å². The van der Waals surface area contributed by atoms with Gasteiger partial charge in [-0.25, -0.2) is 9.48 Å². The van der Waals surface area contributed by atoms with E-state index in [0.29, 0.717) is 31.9 Å². The molecule has 0 bridgehead atoms. The summed E-state index contributed by atoms with van der Waals surface area (Å²) >= 11 is 0. The van der Waals surface area contributed by atoms with Crippen LogP contribution in [-0.4, -0.2) is 62.6 Å². The molecule has 9 heteroatoms. The molecule has 9 nitrogen and oxygen atoms in total. The molecule has 2 rings (SSSR count). The summed E-state index contributed by atoms with van der Waals surface area (Å²) in [7, 11) is 1.70. The van der Waals surface area contributed by atoms with Gasteiger partial charge in [-0.05, 0) is 12.8 Å². The lowest BCUT2D eigenvalue weighted by Crippen LogP contribution is -2.43. The molecule has 1 fully saturated rings. The van der Waals surface area contributed by atoms with E-state index in [4.69, 9.17) is 9.84 Å². The van der Waals surface area contributed by atoms with Crippen LogP contribution >= 0.6 is 0 Å². The largest absolute Gasteiger partial charge is 0.481 e. The highest BCUT2D eigenvalue weighted by Gasteiger charge is 2.24. The monoisotopic (exact) mass is 297 g/mol. The summed E-state index contributed by atoms with van der Waals surface area (Å²) in [5, 5.41) is 15.1. The summed E-state index contributed by atoms with van der Waals surface area (Å²) in [5.74, 6) is -0.463. The highest BCUT2D eigenvalue weighted by Crippen LogP contribution is 2.15. The Hall–Kier alpha value is -2.16. The molecule has 1 aromatic rings. The van der Waals surface area contributed by atoms with Gasteiger partial charge >= 0.3 is 12.0 Å². The van der Waals surface area contributed by atoms with Crippen LogP contribution in [0.3, 0.4) is 0 Å². The Morgan fingerprint density at radius 3 is 2.76 bits per heavy atom. The normalized spacial score (nSPS) is 16.0. The van der Waals surface area contributed by atoms with E-state index >= 15 is 0 Å². The van der Waals surface area contributed by atoms with Gasteiger partial charge in [0.25, 0.3) is 0 Å². The third-order valence-corrected chi connectivity index (χ3v) is 3.33. The predicted octanol–water partition coefficient (Wildman–Crippen LogP) is 0.303. The van der Waals surface area contributed by atoms with Gasteiger partial charge in [-0.1, -0.05) is 0 Å². The van der Waals surface area contributed by atoms with Gasteiger partial charge in [-0.15, -0.1) is 0 Å². The van der Waals surface area contributed by atoms with E-state index < -0.39 is 5.97 Å². The minimum atomic E-state index is -0.865. The van der Waals surface area contributed by atoms with Crippen LogP contribution in [0.15, 0.2) is 6.33 Å². The summed E-state index contributed by atoms with van der Waals surface area (Å²) in [6.07, 6.45) is 2.80. The van der Waals surface area contributed by atoms with Crippen molar-refractivity contribution in [1.82, 2.24) is 19.7 Å². The van der Waals surface area contributed by atoms with Crippen molar-refractivity contribution in [2.75, 3.05) is 25.0 Å². The minimum Gasteiger partial charge on any atom is -0.481 e. The van der Waals surface area contributed by atoms with Crippen molar-refractivity contribution in [3.63, 3.8) is 0 Å². The zero-order valence-electron chi connectivity index (χ0n) is 11.9. The number of carboxylic acid groups (broad SMARTS) is 1. The number of anilines is 1. The Morgan fingerprint density at radius 1 is 1.48 bits per heavy atom. The average Bonchev–Trinajstić information content (AvgIpc) is 2.84. The summed E-state index contributed by atoms with van der Waals surface area (Å²) < 4.78 is 6.97. The average molecular weight is 297 g/mol. The number of urea groups is 1. The second-order valence-electron chi connectivity index (χ2n) is 4.84. The lowest BCUT2D eigenvalue weighted by atomic mass is 10.1. The molecule has 0 spiro atoms.